The second kappa shape index (κ2) is 7.61. The molecule has 1 N–H and O–H groups in total. The summed E-state index contributed by atoms with van der Waals surface area (Å²) in [6.45, 7) is 6.38. The van der Waals surface area contributed by atoms with Gasteiger partial charge in [-0.3, -0.25) is 0 Å². The smallest absolute Gasteiger partial charge is 0.152 e. The van der Waals surface area contributed by atoms with E-state index in [2.05, 4.69) is 15.3 Å². The third-order valence-electron chi connectivity index (χ3n) is 4.20. The minimum atomic E-state index is -3.07. The zero-order chi connectivity index (χ0) is 18.7. The van der Waals surface area contributed by atoms with Gasteiger partial charge in [0.15, 0.2) is 9.84 Å². The minimum absolute atomic E-state index is 0.0933. The van der Waals surface area contributed by atoms with Crippen molar-refractivity contribution < 1.29 is 13.2 Å². The van der Waals surface area contributed by atoms with Gasteiger partial charge in [-0.15, -0.1) is 0 Å². The highest BCUT2D eigenvalue weighted by molar-refractivity contribution is 7.91. The summed E-state index contributed by atoms with van der Waals surface area (Å²) < 4.78 is 30.1. The number of hydrogen-bond acceptors (Lipinski definition) is 6. The number of aryl methyl sites for hydroxylation is 1. The van der Waals surface area contributed by atoms with E-state index in [1.807, 2.05) is 45.0 Å². The fraction of sp³-hybridized carbons (Fsp3) is 0.474. The molecule has 1 aliphatic rings. The van der Waals surface area contributed by atoms with Gasteiger partial charge in [-0.05, 0) is 24.5 Å². The van der Waals surface area contributed by atoms with E-state index >= 15 is 0 Å². The molecule has 0 saturated heterocycles. The first-order valence-electron chi connectivity index (χ1n) is 8.85. The fourth-order valence-electron chi connectivity index (χ4n) is 3.15. The highest BCUT2D eigenvalue weighted by atomic mass is 32.2. The first kappa shape index (κ1) is 18.6. The molecule has 7 heteroatoms. The topological polar surface area (TPSA) is 81.2 Å². The summed E-state index contributed by atoms with van der Waals surface area (Å²) in [5.41, 5.74) is 2.90. The first-order chi connectivity index (χ1) is 12.3. The molecule has 1 aromatic heterocycles. The second-order valence-corrected chi connectivity index (χ2v) is 9.28. The Morgan fingerprint density at radius 2 is 2.00 bits per heavy atom. The lowest BCUT2D eigenvalue weighted by atomic mass is 10.0. The molecule has 0 aliphatic carbocycles. The highest BCUT2D eigenvalue weighted by Gasteiger charge is 2.20. The van der Waals surface area contributed by atoms with E-state index in [9.17, 15) is 8.42 Å². The average molecular weight is 375 g/mol. The van der Waals surface area contributed by atoms with Gasteiger partial charge in [-0.2, -0.15) is 0 Å². The van der Waals surface area contributed by atoms with Crippen LogP contribution in [0.3, 0.4) is 0 Å². The van der Waals surface area contributed by atoms with Gasteiger partial charge < -0.3 is 10.1 Å². The molecule has 1 aliphatic heterocycles. The Kier molecular flexibility index (Phi) is 5.46. The molecule has 0 amide bonds. The Bertz CT molecular complexity index is 895. The van der Waals surface area contributed by atoms with Gasteiger partial charge in [-0.1, -0.05) is 32.0 Å². The molecule has 140 valence electrons. The number of nitrogens with zero attached hydrogens (tertiary/aromatic N) is 2. The van der Waals surface area contributed by atoms with Crippen molar-refractivity contribution >= 4 is 15.7 Å². The van der Waals surface area contributed by atoms with E-state index in [0.717, 1.165) is 22.6 Å². The number of aromatic nitrogens is 2. The highest BCUT2D eigenvalue weighted by Crippen LogP contribution is 2.30. The lowest BCUT2D eigenvalue weighted by Crippen LogP contribution is -2.22. The van der Waals surface area contributed by atoms with Gasteiger partial charge in [0, 0.05) is 18.5 Å². The number of sulfone groups is 1. The summed E-state index contributed by atoms with van der Waals surface area (Å²) >= 11 is 0. The summed E-state index contributed by atoms with van der Waals surface area (Å²) in [5, 5.41) is 3.22. The predicted octanol–water partition coefficient (Wildman–Crippen LogP) is 2.75. The third-order valence-corrected chi connectivity index (χ3v) is 6.20. The molecule has 3 rings (SSSR count). The van der Waals surface area contributed by atoms with Gasteiger partial charge in [0.1, 0.15) is 24.0 Å². The van der Waals surface area contributed by atoms with Crippen LogP contribution in [0.1, 0.15) is 36.5 Å². The zero-order valence-corrected chi connectivity index (χ0v) is 16.3. The van der Waals surface area contributed by atoms with Crippen LogP contribution in [0, 0.1) is 12.8 Å². The summed E-state index contributed by atoms with van der Waals surface area (Å²) in [5.74, 6) is 2.63. The SMILES string of the molecule is Cc1nc2c(c(NCCS(=O)(=O)CC(C)C)n1)Cc1ccccc1OC2. The van der Waals surface area contributed by atoms with Gasteiger partial charge in [-0.25, -0.2) is 18.4 Å². The molecular formula is C19H25N3O3S. The molecule has 0 radical (unpaired) electrons. The number of benzene rings is 1. The van der Waals surface area contributed by atoms with Crippen LogP contribution >= 0.6 is 0 Å². The van der Waals surface area contributed by atoms with E-state index in [0.29, 0.717) is 31.2 Å². The minimum Gasteiger partial charge on any atom is -0.487 e. The number of nitrogens with one attached hydrogen (secondary N) is 1. The second-order valence-electron chi connectivity index (χ2n) is 7.05. The number of ether oxygens (including phenoxy) is 1. The van der Waals surface area contributed by atoms with Gasteiger partial charge >= 0.3 is 0 Å². The van der Waals surface area contributed by atoms with Crippen molar-refractivity contribution in [2.75, 3.05) is 23.4 Å². The van der Waals surface area contributed by atoms with Gasteiger partial charge in [0.25, 0.3) is 0 Å². The van der Waals surface area contributed by atoms with Crippen LogP contribution in [0.25, 0.3) is 0 Å². The molecule has 26 heavy (non-hydrogen) atoms. The summed E-state index contributed by atoms with van der Waals surface area (Å²) in [6.07, 6.45) is 0.660. The van der Waals surface area contributed by atoms with Crippen molar-refractivity contribution in [1.82, 2.24) is 9.97 Å². The Morgan fingerprint density at radius 3 is 2.77 bits per heavy atom. The monoisotopic (exact) mass is 375 g/mol. The van der Waals surface area contributed by atoms with Crippen LogP contribution in [0.15, 0.2) is 24.3 Å². The fourth-order valence-corrected chi connectivity index (χ4v) is 4.74. The zero-order valence-electron chi connectivity index (χ0n) is 15.4. The Labute approximate surface area is 154 Å². The number of hydrogen-bond donors (Lipinski definition) is 1. The van der Waals surface area contributed by atoms with Crippen LogP contribution in [-0.2, 0) is 22.9 Å². The molecule has 1 aromatic carbocycles. The van der Waals surface area contributed by atoms with E-state index in [4.69, 9.17) is 4.74 Å². The summed E-state index contributed by atoms with van der Waals surface area (Å²) in [4.78, 5) is 9.03. The lowest BCUT2D eigenvalue weighted by molar-refractivity contribution is 0.302. The number of rotatable bonds is 6. The summed E-state index contributed by atoms with van der Waals surface area (Å²) in [7, 11) is -3.07. The van der Waals surface area contributed by atoms with Crippen molar-refractivity contribution in [3.63, 3.8) is 0 Å². The molecule has 6 nitrogen and oxygen atoms in total. The molecular weight excluding hydrogens is 350 g/mol. The number of para-hydroxylation sites is 1. The van der Waals surface area contributed by atoms with E-state index < -0.39 is 9.84 Å². The molecule has 2 heterocycles. The van der Waals surface area contributed by atoms with E-state index in [1.54, 1.807) is 0 Å². The molecule has 0 unspecified atom stereocenters. The Morgan fingerprint density at radius 1 is 1.23 bits per heavy atom. The van der Waals surface area contributed by atoms with E-state index in [-0.39, 0.29) is 17.4 Å². The van der Waals surface area contributed by atoms with Crippen molar-refractivity contribution in [3.05, 3.63) is 46.9 Å². The third kappa shape index (κ3) is 4.52. The van der Waals surface area contributed by atoms with Crippen LogP contribution < -0.4 is 10.1 Å². The normalized spacial score (nSPS) is 13.5. The molecule has 0 saturated carbocycles. The first-order valence-corrected chi connectivity index (χ1v) is 10.7. The van der Waals surface area contributed by atoms with Crippen molar-refractivity contribution in [3.8, 4) is 5.75 Å². The van der Waals surface area contributed by atoms with Gasteiger partial charge in [0.2, 0.25) is 0 Å². The Hall–Kier alpha value is -2.15. The van der Waals surface area contributed by atoms with Crippen molar-refractivity contribution in [2.24, 2.45) is 5.92 Å². The maximum absolute atomic E-state index is 12.1. The van der Waals surface area contributed by atoms with Gasteiger partial charge in [0.05, 0.1) is 17.2 Å². The maximum atomic E-state index is 12.1. The van der Waals surface area contributed by atoms with Crippen LogP contribution in [0.4, 0.5) is 5.82 Å². The van der Waals surface area contributed by atoms with Crippen molar-refractivity contribution in [2.45, 2.75) is 33.8 Å². The predicted molar refractivity (Wildman–Crippen MR) is 102 cm³/mol. The maximum Gasteiger partial charge on any atom is 0.152 e. The van der Waals surface area contributed by atoms with Crippen molar-refractivity contribution in [1.29, 1.82) is 0 Å². The largest absolute Gasteiger partial charge is 0.487 e. The number of anilines is 1. The lowest BCUT2D eigenvalue weighted by Gasteiger charge is -2.14. The molecule has 2 aromatic rings. The standard InChI is InChI=1S/C19H25N3O3S/c1-13(2)12-26(23,24)9-8-20-19-16-10-15-6-4-5-7-18(15)25-11-17(16)21-14(3)22-19/h4-7,13H,8-12H2,1-3H3,(H,20,21,22). The van der Waals surface area contributed by atoms with Crippen LogP contribution in [-0.4, -0.2) is 36.4 Å². The van der Waals surface area contributed by atoms with E-state index in [1.165, 1.54) is 0 Å². The molecule has 0 atom stereocenters. The summed E-state index contributed by atoms with van der Waals surface area (Å²) in [6, 6.07) is 7.91. The Balaban J connectivity index is 1.80. The van der Waals surface area contributed by atoms with Crippen LogP contribution in [0.5, 0.6) is 5.75 Å². The van der Waals surface area contributed by atoms with Crippen LogP contribution in [0.2, 0.25) is 0 Å². The quantitative estimate of drug-likeness (QED) is 0.836. The molecule has 0 spiro atoms. The number of fused-ring (bicyclic) bond motifs is 2. The molecule has 0 fully saturated rings. The molecule has 0 bridgehead atoms. The average Bonchev–Trinajstić information content (AvgIpc) is 2.73.